The molecule has 110 valence electrons. The van der Waals surface area contributed by atoms with Crippen molar-refractivity contribution in [3.8, 4) is 5.75 Å². The number of ether oxygens (including phenoxy) is 2. The van der Waals surface area contributed by atoms with Crippen LogP contribution in [0.1, 0.15) is 36.0 Å². The minimum Gasteiger partial charge on any atom is -0.497 e. The quantitative estimate of drug-likeness (QED) is 0.510. The summed E-state index contributed by atoms with van der Waals surface area (Å²) in [6.07, 6.45) is 3.59. The highest BCUT2D eigenvalue weighted by Gasteiger charge is 2.27. The smallest absolute Gasteiger partial charge is 0.338 e. The average Bonchev–Trinajstić information content (AvgIpc) is 2.53. The molecule has 2 atom stereocenters. The second-order valence-electron chi connectivity index (χ2n) is 5.02. The number of carbonyl (C=O) groups is 1. The van der Waals surface area contributed by atoms with Crippen LogP contribution in [0.15, 0.2) is 24.3 Å². The molecule has 2 rings (SSSR count). The molecule has 1 aliphatic carbocycles. The fourth-order valence-corrected chi connectivity index (χ4v) is 2.50. The maximum absolute atomic E-state index is 11.9. The number of hydrogen-bond donors (Lipinski definition) is 1. The molecular weight excluding hydrogens is 260 g/mol. The number of esters is 1. The third-order valence-corrected chi connectivity index (χ3v) is 3.73. The number of benzene rings is 1. The Hall–Kier alpha value is -1.59. The summed E-state index contributed by atoms with van der Waals surface area (Å²) >= 11 is 0. The summed E-state index contributed by atoms with van der Waals surface area (Å²) < 4.78 is 10.3. The topological polar surface area (TPSA) is 65.0 Å². The van der Waals surface area contributed by atoms with E-state index in [0.717, 1.165) is 25.7 Å². The molecule has 5 heteroatoms. The van der Waals surface area contributed by atoms with Crippen molar-refractivity contribution in [3.05, 3.63) is 29.8 Å². The van der Waals surface area contributed by atoms with Crippen LogP contribution >= 0.6 is 0 Å². The van der Waals surface area contributed by atoms with Crippen LogP contribution in [0, 0.1) is 5.92 Å². The first-order valence-corrected chi connectivity index (χ1v) is 6.86. The normalized spacial score (nSPS) is 22.3. The number of rotatable bonds is 5. The zero-order valence-electron chi connectivity index (χ0n) is 11.6. The maximum atomic E-state index is 11.9. The highest BCUT2D eigenvalue weighted by molar-refractivity contribution is 5.89. The Morgan fingerprint density at radius 2 is 1.95 bits per heavy atom. The van der Waals surface area contributed by atoms with Gasteiger partial charge in [-0.1, -0.05) is 12.8 Å². The summed E-state index contributed by atoms with van der Waals surface area (Å²) in [5.41, 5.74) is 0.489. The molecule has 0 amide bonds. The molecule has 1 saturated carbocycles. The Labute approximate surface area is 118 Å². The predicted octanol–water partition coefficient (Wildman–Crippen LogP) is 2.90. The number of methoxy groups -OCH3 is 1. The van der Waals surface area contributed by atoms with Crippen molar-refractivity contribution in [2.45, 2.75) is 31.8 Å². The van der Waals surface area contributed by atoms with Crippen molar-refractivity contribution >= 4 is 5.97 Å². The molecule has 0 bridgehead atoms. The zero-order chi connectivity index (χ0) is 14.4. The van der Waals surface area contributed by atoms with Gasteiger partial charge in [0, 0.05) is 5.92 Å². The summed E-state index contributed by atoms with van der Waals surface area (Å²) in [6, 6.07) is 6.78. The van der Waals surface area contributed by atoms with Gasteiger partial charge in [-0.15, -0.1) is 0 Å². The van der Waals surface area contributed by atoms with Gasteiger partial charge in [-0.2, -0.15) is 0 Å². The summed E-state index contributed by atoms with van der Waals surface area (Å²) in [5.74, 6) is 0.397. The van der Waals surface area contributed by atoms with Crippen LogP contribution in [-0.4, -0.2) is 31.0 Å². The Kier molecular flexibility index (Phi) is 5.38. The third kappa shape index (κ3) is 3.71. The maximum Gasteiger partial charge on any atom is 0.338 e. The van der Waals surface area contributed by atoms with Crippen LogP contribution in [0.3, 0.4) is 0 Å². The molecule has 1 fully saturated rings. The van der Waals surface area contributed by atoms with E-state index >= 15 is 0 Å². The molecule has 1 N–H and O–H groups in total. The van der Waals surface area contributed by atoms with E-state index < -0.39 is 0 Å². The lowest BCUT2D eigenvalue weighted by molar-refractivity contribution is -0.297. The van der Waals surface area contributed by atoms with Gasteiger partial charge in [0.1, 0.15) is 5.75 Å². The lowest BCUT2D eigenvalue weighted by atomic mass is 9.87. The Morgan fingerprint density at radius 1 is 1.25 bits per heavy atom. The van der Waals surface area contributed by atoms with E-state index in [4.69, 9.17) is 14.7 Å². The van der Waals surface area contributed by atoms with Gasteiger partial charge in [0.25, 0.3) is 0 Å². The Morgan fingerprint density at radius 3 is 2.60 bits per heavy atom. The molecule has 0 spiro atoms. The molecule has 0 radical (unpaired) electrons. The van der Waals surface area contributed by atoms with Crippen molar-refractivity contribution in [2.75, 3.05) is 13.7 Å². The second kappa shape index (κ2) is 7.26. The molecule has 0 heterocycles. The minimum atomic E-state index is -0.366. The van der Waals surface area contributed by atoms with Gasteiger partial charge < -0.3 is 9.47 Å². The monoisotopic (exact) mass is 280 g/mol. The second-order valence-corrected chi connectivity index (χ2v) is 5.02. The van der Waals surface area contributed by atoms with E-state index in [0.29, 0.717) is 11.3 Å². The van der Waals surface area contributed by atoms with Crippen molar-refractivity contribution in [1.29, 1.82) is 0 Å². The van der Waals surface area contributed by atoms with E-state index in [-0.39, 0.29) is 24.6 Å². The zero-order valence-corrected chi connectivity index (χ0v) is 11.6. The van der Waals surface area contributed by atoms with Gasteiger partial charge >= 0.3 is 5.97 Å². The van der Waals surface area contributed by atoms with Crippen LogP contribution in [0.4, 0.5) is 0 Å². The first kappa shape index (κ1) is 14.8. The van der Waals surface area contributed by atoms with Gasteiger partial charge in [0.15, 0.2) is 0 Å². The number of hydrogen-bond acceptors (Lipinski definition) is 5. The molecule has 20 heavy (non-hydrogen) atoms. The minimum absolute atomic E-state index is 0.0657. The first-order chi connectivity index (χ1) is 9.74. The molecule has 1 aromatic rings. The molecule has 0 aromatic heterocycles. The van der Waals surface area contributed by atoms with E-state index in [9.17, 15) is 4.79 Å². The predicted molar refractivity (Wildman–Crippen MR) is 72.7 cm³/mol. The molecule has 5 nitrogen and oxygen atoms in total. The van der Waals surface area contributed by atoms with Crippen LogP contribution in [-0.2, 0) is 9.62 Å². The van der Waals surface area contributed by atoms with Crippen molar-refractivity contribution < 1.29 is 24.4 Å². The SMILES string of the molecule is COc1ccc(C(=O)OC[C@@H]2CCCC[C@@H]2OO)cc1. The summed E-state index contributed by atoms with van der Waals surface area (Å²) in [6.45, 7) is 0.274. The van der Waals surface area contributed by atoms with Crippen molar-refractivity contribution in [1.82, 2.24) is 0 Å². The fourth-order valence-electron chi connectivity index (χ4n) is 2.50. The van der Waals surface area contributed by atoms with Crippen LogP contribution in [0.5, 0.6) is 5.75 Å². The lowest BCUT2D eigenvalue weighted by Crippen LogP contribution is -2.31. The summed E-state index contributed by atoms with van der Waals surface area (Å²) in [5, 5.41) is 8.85. The highest BCUT2D eigenvalue weighted by Crippen LogP contribution is 2.26. The highest BCUT2D eigenvalue weighted by atomic mass is 17.1. The molecule has 0 unspecified atom stereocenters. The van der Waals surface area contributed by atoms with E-state index in [2.05, 4.69) is 4.89 Å². The fraction of sp³-hybridized carbons (Fsp3) is 0.533. The van der Waals surface area contributed by atoms with Gasteiger partial charge in [0.05, 0.1) is 25.4 Å². The summed E-state index contributed by atoms with van der Waals surface area (Å²) in [7, 11) is 1.57. The third-order valence-electron chi connectivity index (χ3n) is 3.73. The van der Waals surface area contributed by atoms with Crippen molar-refractivity contribution in [2.24, 2.45) is 5.92 Å². The van der Waals surface area contributed by atoms with Gasteiger partial charge in [-0.05, 0) is 37.1 Å². The Bertz CT molecular complexity index is 428. The molecular formula is C15H20O5. The standard InChI is InChI=1S/C15H20O5/c1-18-13-8-6-11(7-9-13)15(16)19-10-12-4-2-3-5-14(12)20-17/h6-9,12,14,17H,2-5,10H2,1H3/t12-,14-/m0/s1. The van der Waals surface area contributed by atoms with E-state index in [1.807, 2.05) is 0 Å². The number of carbonyl (C=O) groups excluding carboxylic acids is 1. The molecule has 1 aromatic carbocycles. The largest absolute Gasteiger partial charge is 0.497 e. The molecule has 0 saturated heterocycles. The van der Waals surface area contributed by atoms with Crippen LogP contribution in [0.2, 0.25) is 0 Å². The van der Waals surface area contributed by atoms with E-state index in [1.54, 1.807) is 31.4 Å². The first-order valence-electron chi connectivity index (χ1n) is 6.86. The van der Waals surface area contributed by atoms with E-state index in [1.165, 1.54) is 0 Å². The molecule has 0 aliphatic heterocycles. The lowest BCUT2D eigenvalue weighted by Gasteiger charge is -2.28. The van der Waals surface area contributed by atoms with Gasteiger partial charge in [-0.3, -0.25) is 5.26 Å². The summed E-state index contributed by atoms with van der Waals surface area (Å²) in [4.78, 5) is 16.4. The van der Waals surface area contributed by atoms with Gasteiger partial charge in [0.2, 0.25) is 0 Å². The van der Waals surface area contributed by atoms with Crippen LogP contribution < -0.4 is 4.74 Å². The average molecular weight is 280 g/mol. The van der Waals surface area contributed by atoms with Crippen LogP contribution in [0.25, 0.3) is 0 Å². The van der Waals surface area contributed by atoms with Gasteiger partial charge in [-0.25, -0.2) is 9.68 Å². The Balaban J connectivity index is 1.87. The molecule has 1 aliphatic rings. The van der Waals surface area contributed by atoms with Crippen molar-refractivity contribution in [3.63, 3.8) is 0 Å².